The van der Waals surface area contributed by atoms with Crippen LogP contribution in [0.4, 0.5) is 25.8 Å². The first-order chi connectivity index (χ1) is 27.5. The highest BCUT2D eigenvalue weighted by Crippen LogP contribution is 2.48. The number of nitriles is 1. The maximum absolute atomic E-state index is 15.2. The fraction of sp³-hybridized carbons (Fsp3) is 0.452. The van der Waals surface area contributed by atoms with Crippen LogP contribution >= 0.6 is 0 Å². The number of fused-ring (bicyclic) bond motifs is 1. The van der Waals surface area contributed by atoms with Gasteiger partial charge in [0, 0.05) is 49.7 Å². The van der Waals surface area contributed by atoms with E-state index in [0.717, 1.165) is 57.9 Å². The van der Waals surface area contributed by atoms with E-state index in [9.17, 15) is 24.0 Å². The van der Waals surface area contributed by atoms with Crippen LogP contribution in [0.2, 0.25) is 0 Å². The first-order valence-corrected chi connectivity index (χ1v) is 19.7. The van der Waals surface area contributed by atoms with Gasteiger partial charge in [0.2, 0.25) is 11.8 Å². The molecule has 5 aliphatic rings. The highest BCUT2D eigenvalue weighted by atomic mass is 19.1. The summed E-state index contributed by atoms with van der Waals surface area (Å²) in [7, 11) is 0. The second-order valence-electron chi connectivity index (χ2n) is 15.8. The summed E-state index contributed by atoms with van der Waals surface area (Å²) in [5.74, 6) is -1.86. The zero-order chi connectivity index (χ0) is 40.1. The molecule has 5 heterocycles. The third-order valence-electron chi connectivity index (χ3n) is 12.2. The number of hydrogen-bond acceptors (Lipinski definition) is 11. The number of amides is 2. The zero-order valence-corrected chi connectivity index (χ0v) is 32.0. The molecule has 0 radical (unpaired) electrons. The highest BCUT2D eigenvalue weighted by Gasteiger charge is 2.55. The number of hydrogen-bond donors (Lipinski definition) is 3. The van der Waals surface area contributed by atoms with E-state index in [4.69, 9.17) is 15.2 Å². The number of nitrogen functional groups attached to an aromatic ring is 1. The molecule has 4 aromatic rings. The van der Waals surface area contributed by atoms with Gasteiger partial charge >= 0.3 is 0 Å². The molecule has 0 bridgehead atoms. The minimum Gasteiger partial charge on any atom is -0.453 e. The lowest BCUT2D eigenvalue weighted by Crippen LogP contribution is -2.74. The fourth-order valence-electron chi connectivity index (χ4n) is 9.28. The molecule has 4 aliphatic heterocycles. The van der Waals surface area contributed by atoms with E-state index < -0.39 is 11.9 Å². The lowest BCUT2D eigenvalue weighted by molar-refractivity contribution is -0.133. The molecule has 1 aliphatic carbocycles. The highest BCUT2D eigenvalue weighted by molar-refractivity contribution is 6.01. The van der Waals surface area contributed by atoms with Crippen LogP contribution in [0, 0.1) is 28.4 Å². The minimum atomic E-state index is -0.736. The van der Waals surface area contributed by atoms with Crippen LogP contribution in [0.15, 0.2) is 59.7 Å². The fourth-order valence-corrected chi connectivity index (χ4v) is 9.28. The Morgan fingerprint density at radius 3 is 2.47 bits per heavy atom. The Morgan fingerprint density at radius 2 is 1.75 bits per heavy atom. The molecule has 4 saturated heterocycles. The van der Waals surface area contributed by atoms with Gasteiger partial charge in [0.1, 0.15) is 29.2 Å². The summed E-state index contributed by atoms with van der Waals surface area (Å²) in [6.45, 7) is 7.95. The van der Waals surface area contributed by atoms with Crippen LogP contribution in [0.25, 0.3) is 10.9 Å². The van der Waals surface area contributed by atoms with Gasteiger partial charge in [-0.1, -0.05) is 13.8 Å². The third kappa shape index (κ3) is 7.16. The molecule has 2 unspecified atom stereocenters. The van der Waals surface area contributed by atoms with E-state index in [0.29, 0.717) is 47.8 Å². The summed E-state index contributed by atoms with van der Waals surface area (Å²) in [6.07, 6.45) is 6.70. The number of halogens is 2. The van der Waals surface area contributed by atoms with Crippen LogP contribution in [0.1, 0.15) is 70.4 Å². The van der Waals surface area contributed by atoms with E-state index in [1.807, 2.05) is 19.9 Å². The van der Waals surface area contributed by atoms with Crippen molar-refractivity contribution < 1.29 is 27.8 Å². The van der Waals surface area contributed by atoms with Gasteiger partial charge in [0.05, 0.1) is 46.9 Å². The number of rotatable bonds is 7. The van der Waals surface area contributed by atoms with E-state index in [2.05, 4.69) is 25.4 Å². The average molecular weight is 781 g/mol. The second-order valence-corrected chi connectivity index (χ2v) is 15.8. The van der Waals surface area contributed by atoms with Crippen LogP contribution in [-0.4, -0.2) is 76.7 Å². The number of nitrogens with one attached hydrogen (secondary N) is 2. The summed E-state index contributed by atoms with van der Waals surface area (Å²) >= 11 is 0. The third-order valence-corrected chi connectivity index (χ3v) is 12.2. The van der Waals surface area contributed by atoms with Crippen molar-refractivity contribution in [3.8, 4) is 17.6 Å². The molecule has 9 rings (SSSR count). The van der Waals surface area contributed by atoms with Gasteiger partial charge in [-0.3, -0.25) is 29.2 Å². The molecule has 2 atom stereocenters. The topological polar surface area (TPSA) is 168 Å². The number of likely N-dealkylation sites (tertiary alicyclic amines) is 1. The van der Waals surface area contributed by atoms with Gasteiger partial charge in [-0.15, -0.1) is 0 Å². The summed E-state index contributed by atoms with van der Waals surface area (Å²) < 4.78 is 43.6. The van der Waals surface area contributed by atoms with E-state index in [1.165, 1.54) is 18.2 Å². The van der Waals surface area contributed by atoms with E-state index in [1.54, 1.807) is 35.2 Å². The molecule has 57 heavy (non-hydrogen) atoms. The number of benzene rings is 3. The number of nitrogens with zero attached hydrogens (tertiary/aromatic N) is 5. The molecule has 15 heteroatoms. The zero-order valence-electron chi connectivity index (χ0n) is 32.0. The Morgan fingerprint density at radius 1 is 0.982 bits per heavy atom. The Hall–Kier alpha value is -5.59. The van der Waals surface area contributed by atoms with Crippen molar-refractivity contribution >= 4 is 39.8 Å². The summed E-state index contributed by atoms with van der Waals surface area (Å²) in [4.78, 5) is 46.4. The Kier molecular flexibility index (Phi) is 10.1. The lowest BCUT2D eigenvalue weighted by atomic mass is 9.70. The molecule has 1 saturated carbocycles. The maximum Gasteiger partial charge on any atom is 0.261 e. The monoisotopic (exact) mass is 780 g/mol. The summed E-state index contributed by atoms with van der Waals surface area (Å²) in [5, 5.41) is 15.2. The van der Waals surface area contributed by atoms with Crippen LogP contribution in [-0.2, 0) is 14.3 Å². The molecule has 298 valence electrons. The van der Waals surface area contributed by atoms with Gasteiger partial charge in [-0.25, -0.2) is 13.8 Å². The molecule has 2 amide bonds. The lowest BCUT2D eigenvalue weighted by Gasteiger charge is -2.63. The second kappa shape index (κ2) is 15.1. The number of ether oxygens (including phenoxy) is 2. The number of aromatic nitrogens is 2. The quantitative estimate of drug-likeness (QED) is 0.157. The van der Waals surface area contributed by atoms with Crippen molar-refractivity contribution in [3.63, 3.8) is 0 Å². The molecule has 1 aromatic heterocycles. The van der Waals surface area contributed by atoms with Crippen LogP contribution < -0.4 is 31.6 Å². The van der Waals surface area contributed by atoms with Crippen molar-refractivity contribution in [3.05, 3.63) is 82.4 Å². The summed E-state index contributed by atoms with van der Waals surface area (Å²) in [6, 6.07) is 13.7. The first kappa shape index (κ1) is 38.3. The van der Waals surface area contributed by atoms with Crippen molar-refractivity contribution in [2.75, 3.05) is 48.7 Å². The van der Waals surface area contributed by atoms with Gasteiger partial charge in [-0.05, 0) is 87.1 Å². The molecule has 4 N–H and O–H groups in total. The maximum atomic E-state index is 15.2. The number of imide groups is 1. The van der Waals surface area contributed by atoms with Gasteiger partial charge in [-0.2, -0.15) is 5.26 Å². The normalized spacial score (nSPS) is 25.2. The van der Waals surface area contributed by atoms with Crippen LogP contribution in [0.3, 0.4) is 0 Å². The summed E-state index contributed by atoms with van der Waals surface area (Å²) in [5.41, 5.74) is 6.98. The van der Waals surface area contributed by atoms with Crippen LogP contribution in [0.5, 0.6) is 11.5 Å². The predicted octanol–water partition coefficient (Wildman–Crippen LogP) is 5.63. The Labute approximate surface area is 328 Å². The number of anilines is 3. The van der Waals surface area contributed by atoms with Crippen molar-refractivity contribution in [1.82, 2.24) is 19.8 Å². The predicted molar refractivity (Wildman–Crippen MR) is 210 cm³/mol. The molecule has 3 aromatic carbocycles. The number of carbonyl (C=O) groups is 2. The Bertz CT molecular complexity index is 2320. The SMILES string of the molecule is CC.N#Cc1c(N)ccc(F)c1Oc1ccc2ncn(C3COC4(CCC(N5CC6(CN(c7ccc(NC8CCC(=O)NC8=O)cc7F)C6)C5)CC4)C3)c(=O)c2c1. The molecule has 2 spiro atoms. The number of nitrogens with two attached hydrogens (primary N) is 1. The van der Waals surface area contributed by atoms with E-state index in [-0.39, 0.29) is 69.4 Å². The molecule has 5 fully saturated rings. The number of carbonyl (C=O) groups excluding carboxylic acids is 2. The van der Waals surface area contributed by atoms with Gasteiger partial charge in [0.15, 0.2) is 11.6 Å². The molecular weight excluding hydrogens is 735 g/mol. The van der Waals surface area contributed by atoms with Crippen molar-refractivity contribution in [2.45, 2.75) is 82.5 Å². The smallest absolute Gasteiger partial charge is 0.261 e. The van der Waals surface area contributed by atoms with E-state index >= 15 is 4.39 Å². The molecular formula is C42H46F2N8O5. The first-order valence-electron chi connectivity index (χ1n) is 19.7. The standard InChI is InChI=1S/C40H40F2N8O5.C2H6/c41-29-3-4-31(44)28(16-43)36(29)55-26-2-5-32-27(14-26)38(53)50(22-45-32)25-15-40(54-17-25)11-9-24(10-12-40)48-18-39(19-48)20-49(21-39)34-7-1-23(13-30(34)42)46-33-6-8-35(51)47-37(33)52;1-2/h1-5,7,13-14,22,24-25,33,46H,6,8-12,15,17-21,44H2,(H,47,51,52);1-2H3. The Balaban J connectivity index is 0.00000224. The van der Waals surface area contributed by atoms with Crippen molar-refractivity contribution in [1.29, 1.82) is 5.26 Å². The minimum absolute atomic E-state index is 0.0911. The largest absolute Gasteiger partial charge is 0.453 e. The van der Waals surface area contributed by atoms with Crippen molar-refractivity contribution in [2.24, 2.45) is 5.41 Å². The molecule has 13 nitrogen and oxygen atoms in total. The van der Waals surface area contributed by atoms with Gasteiger partial charge in [0.25, 0.3) is 5.56 Å². The average Bonchev–Trinajstić information content (AvgIpc) is 3.58. The number of piperidine rings is 1. The van der Waals surface area contributed by atoms with Gasteiger partial charge < -0.3 is 25.4 Å².